The SMILES string of the molecule is c1ccc(C2COCC2c2ccccc2)cc1. The Labute approximate surface area is 102 Å². The van der Waals surface area contributed by atoms with E-state index in [0.717, 1.165) is 13.2 Å². The summed E-state index contributed by atoms with van der Waals surface area (Å²) in [7, 11) is 0. The third kappa shape index (κ3) is 2.11. The summed E-state index contributed by atoms with van der Waals surface area (Å²) in [5.41, 5.74) is 2.78. The van der Waals surface area contributed by atoms with Crippen LogP contribution in [0.3, 0.4) is 0 Å². The minimum Gasteiger partial charge on any atom is -0.380 e. The Balaban J connectivity index is 1.91. The molecule has 0 aromatic heterocycles. The van der Waals surface area contributed by atoms with Crippen molar-refractivity contribution >= 4 is 0 Å². The molecule has 0 spiro atoms. The summed E-state index contributed by atoms with van der Waals surface area (Å²) in [5.74, 6) is 0.997. The van der Waals surface area contributed by atoms with Crippen molar-refractivity contribution in [1.29, 1.82) is 0 Å². The molecule has 1 aliphatic rings. The number of ether oxygens (including phenoxy) is 1. The molecule has 1 heterocycles. The lowest BCUT2D eigenvalue weighted by molar-refractivity contribution is 0.190. The van der Waals surface area contributed by atoms with Gasteiger partial charge in [-0.25, -0.2) is 0 Å². The second kappa shape index (κ2) is 4.72. The minimum atomic E-state index is 0.499. The highest BCUT2D eigenvalue weighted by Gasteiger charge is 2.30. The fraction of sp³-hybridized carbons (Fsp3) is 0.250. The second-order valence-electron chi connectivity index (χ2n) is 4.57. The predicted octanol–water partition coefficient (Wildman–Crippen LogP) is 3.58. The summed E-state index contributed by atoms with van der Waals surface area (Å²) in [5, 5.41) is 0. The van der Waals surface area contributed by atoms with E-state index in [1.54, 1.807) is 0 Å². The van der Waals surface area contributed by atoms with Crippen molar-refractivity contribution in [2.24, 2.45) is 0 Å². The zero-order chi connectivity index (χ0) is 11.5. The highest BCUT2D eigenvalue weighted by atomic mass is 16.5. The van der Waals surface area contributed by atoms with Crippen LogP contribution in [0.1, 0.15) is 23.0 Å². The van der Waals surface area contributed by atoms with E-state index in [1.807, 2.05) is 0 Å². The maximum Gasteiger partial charge on any atom is 0.0541 e. The van der Waals surface area contributed by atoms with Crippen LogP contribution < -0.4 is 0 Å². The third-order valence-electron chi connectivity index (χ3n) is 3.54. The molecule has 2 atom stereocenters. The van der Waals surface area contributed by atoms with Crippen molar-refractivity contribution in [3.05, 3.63) is 71.8 Å². The number of hydrogen-bond donors (Lipinski definition) is 0. The molecule has 0 saturated carbocycles. The summed E-state index contributed by atoms with van der Waals surface area (Å²) >= 11 is 0. The molecule has 1 fully saturated rings. The zero-order valence-electron chi connectivity index (χ0n) is 9.75. The molecule has 0 amide bonds. The molecule has 2 aromatic rings. The smallest absolute Gasteiger partial charge is 0.0541 e. The van der Waals surface area contributed by atoms with Crippen LogP contribution in [0.15, 0.2) is 60.7 Å². The van der Waals surface area contributed by atoms with Gasteiger partial charge in [-0.05, 0) is 11.1 Å². The van der Waals surface area contributed by atoms with E-state index in [-0.39, 0.29) is 0 Å². The van der Waals surface area contributed by atoms with E-state index in [2.05, 4.69) is 60.7 Å². The number of rotatable bonds is 2. The monoisotopic (exact) mass is 224 g/mol. The maximum absolute atomic E-state index is 5.68. The lowest BCUT2D eigenvalue weighted by Gasteiger charge is -2.18. The van der Waals surface area contributed by atoms with Gasteiger partial charge < -0.3 is 4.74 Å². The zero-order valence-corrected chi connectivity index (χ0v) is 9.75. The maximum atomic E-state index is 5.68. The molecule has 1 aliphatic heterocycles. The van der Waals surface area contributed by atoms with Crippen LogP contribution in [0.25, 0.3) is 0 Å². The van der Waals surface area contributed by atoms with Crippen molar-refractivity contribution in [1.82, 2.24) is 0 Å². The summed E-state index contributed by atoms with van der Waals surface area (Å²) in [6.45, 7) is 1.67. The molecule has 2 aromatic carbocycles. The van der Waals surface area contributed by atoms with Crippen LogP contribution in [0, 0.1) is 0 Å². The Morgan fingerprint density at radius 2 is 1.06 bits per heavy atom. The highest BCUT2D eigenvalue weighted by molar-refractivity contribution is 5.30. The van der Waals surface area contributed by atoms with Gasteiger partial charge in [-0.1, -0.05) is 60.7 Å². The molecular formula is C16H16O. The summed E-state index contributed by atoms with van der Waals surface area (Å²) < 4.78 is 5.68. The molecule has 1 nitrogen and oxygen atoms in total. The standard InChI is InChI=1S/C16H16O/c1-3-7-13(8-4-1)15-11-17-12-16(15)14-9-5-2-6-10-14/h1-10,15-16H,11-12H2. The molecule has 17 heavy (non-hydrogen) atoms. The molecule has 2 unspecified atom stereocenters. The number of benzene rings is 2. The molecule has 1 heteroatoms. The summed E-state index contributed by atoms with van der Waals surface area (Å²) in [6.07, 6.45) is 0. The molecule has 0 N–H and O–H groups in total. The van der Waals surface area contributed by atoms with E-state index in [4.69, 9.17) is 4.74 Å². The van der Waals surface area contributed by atoms with E-state index < -0.39 is 0 Å². The average Bonchev–Trinajstić information content (AvgIpc) is 2.90. The molecular weight excluding hydrogens is 208 g/mol. The van der Waals surface area contributed by atoms with Gasteiger partial charge in [0, 0.05) is 11.8 Å². The fourth-order valence-electron chi connectivity index (χ4n) is 2.61. The van der Waals surface area contributed by atoms with E-state index in [0.29, 0.717) is 11.8 Å². The normalized spacial score (nSPS) is 23.8. The lowest BCUT2D eigenvalue weighted by Crippen LogP contribution is -2.08. The van der Waals surface area contributed by atoms with Gasteiger partial charge >= 0.3 is 0 Å². The highest BCUT2D eigenvalue weighted by Crippen LogP contribution is 2.37. The Kier molecular flexibility index (Phi) is 2.93. The average molecular weight is 224 g/mol. The summed E-state index contributed by atoms with van der Waals surface area (Å²) in [4.78, 5) is 0. The van der Waals surface area contributed by atoms with Crippen LogP contribution in [-0.4, -0.2) is 13.2 Å². The Morgan fingerprint density at radius 1 is 0.647 bits per heavy atom. The van der Waals surface area contributed by atoms with E-state index >= 15 is 0 Å². The van der Waals surface area contributed by atoms with Gasteiger partial charge in [0.25, 0.3) is 0 Å². The summed E-state index contributed by atoms with van der Waals surface area (Å²) in [6, 6.07) is 21.4. The first-order valence-corrected chi connectivity index (χ1v) is 6.13. The Morgan fingerprint density at radius 3 is 1.47 bits per heavy atom. The molecule has 1 saturated heterocycles. The first-order valence-electron chi connectivity index (χ1n) is 6.13. The van der Waals surface area contributed by atoms with Gasteiger partial charge in [-0.15, -0.1) is 0 Å². The van der Waals surface area contributed by atoms with E-state index in [9.17, 15) is 0 Å². The molecule has 3 rings (SSSR count). The van der Waals surface area contributed by atoms with Gasteiger partial charge in [0.05, 0.1) is 13.2 Å². The molecule has 0 radical (unpaired) electrons. The van der Waals surface area contributed by atoms with Gasteiger partial charge in [-0.3, -0.25) is 0 Å². The van der Waals surface area contributed by atoms with Gasteiger partial charge in [0.2, 0.25) is 0 Å². The quantitative estimate of drug-likeness (QED) is 0.757. The number of hydrogen-bond acceptors (Lipinski definition) is 1. The molecule has 86 valence electrons. The Bertz CT molecular complexity index is 418. The molecule has 0 bridgehead atoms. The first kappa shape index (κ1) is 10.5. The van der Waals surface area contributed by atoms with Crippen molar-refractivity contribution in [2.75, 3.05) is 13.2 Å². The van der Waals surface area contributed by atoms with Crippen molar-refractivity contribution in [3.63, 3.8) is 0 Å². The fourth-order valence-corrected chi connectivity index (χ4v) is 2.61. The van der Waals surface area contributed by atoms with Gasteiger partial charge in [-0.2, -0.15) is 0 Å². The van der Waals surface area contributed by atoms with Crippen molar-refractivity contribution in [2.45, 2.75) is 11.8 Å². The second-order valence-corrected chi connectivity index (χ2v) is 4.57. The topological polar surface area (TPSA) is 9.23 Å². The Hall–Kier alpha value is -1.60. The predicted molar refractivity (Wildman–Crippen MR) is 69.2 cm³/mol. The van der Waals surface area contributed by atoms with Gasteiger partial charge in [0.1, 0.15) is 0 Å². The van der Waals surface area contributed by atoms with Crippen molar-refractivity contribution in [3.8, 4) is 0 Å². The van der Waals surface area contributed by atoms with Crippen molar-refractivity contribution < 1.29 is 4.74 Å². The van der Waals surface area contributed by atoms with Crippen LogP contribution >= 0.6 is 0 Å². The lowest BCUT2D eigenvalue weighted by atomic mass is 9.84. The third-order valence-corrected chi connectivity index (χ3v) is 3.54. The largest absolute Gasteiger partial charge is 0.380 e. The molecule has 0 aliphatic carbocycles. The first-order chi connectivity index (χ1) is 8.45. The van der Waals surface area contributed by atoms with Crippen LogP contribution in [-0.2, 0) is 4.74 Å². The minimum absolute atomic E-state index is 0.499. The van der Waals surface area contributed by atoms with Crippen LogP contribution in [0.5, 0.6) is 0 Å². The van der Waals surface area contributed by atoms with E-state index in [1.165, 1.54) is 11.1 Å². The van der Waals surface area contributed by atoms with Gasteiger partial charge in [0.15, 0.2) is 0 Å². The van der Waals surface area contributed by atoms with Crippen LogP contribution in [0.2, 0.25) is 0 Å². The van der Waals surface area contributed by atoms with Crippen LogP contribution in [0.4, 0.5) is 0 Å².